The maximum absolute atomic E-state index is 12.6. The van der Waals surface area contributed by atoms with Gasteiger partial charge in [-0.3, -0.25) is 9.59 Å². The Hall–Kier alpha value is -4.93. The number of benzene rings is 3. The summed E-state index contributed by atoms with van der Waals surface area (Å²) in [6.45, 7) is -0.253. The zero-order valence-corrected chi connectivity index (χ0v) is 19.0. The summed E-state index contributed by atoms with van der Waals surface area (Å²) in [5.41, 5.74) is 1.93. The Balaban J connectivity index is 1.44. The molecule has 0 atom stereocenters. The fourth-order valence-electron chi connectivity index (χ4n) is 3.21. The molecule has 2 N–H and O–H groups in total. The molecular weight excluding hydrogens is 452 g/mol. The second-order valence-electron chi connectivity index (χ2n) is 7.16. The van der Waals surface area contributed by atoms with Gasteiger partial charge >= 0.3 is 0 Å². The molecule has 0 spiro atoms. The number of carbonyl (C=O) groups is 2. The first kappa shape index (κ1) is 23.2. The van der Waals surface area contributed by atoms with Crippen LogP contribution in [0.15, 0.2) is 73.1 Å². The number of carbonyl (C=O) groups excluding carboxylic acids is 2. The van der Waals surface area contributed by atoms with Gasteiger partial charge in [0.1, 0.15) is 23.6 Å². The lowest BCUT2D eigenvalue weighted by Gasteiger charge is -2.16. The van der Waals surface area contributed by atoms with Crippen molar-refractivity contribution in [3.8, 4) is 22.9 Å². The molecule has 11 heteroatoms. The van der Waals surface area contributed by atoms with Crippen molar-refractivity contribution >= 4 is 23.2 Å². The maximum atomic E-state index is 12.6. The van der Waals surface area contributed by atoms with E-state index < -0.39 is 5.91 Å². The number of aromatic nitrogens is 4. The molecule has 1 aromatic heterocycles. The molecule has 0 radical (unpaired) electrons. The number of rotatable bonds is 9. The van der Waals surface area contributed by atoms with Gasteiger partial charge < -0.3 is 24.8 Å². The molecule has 0 aliphatic rings. The first-order valence-corrected chi connectivity index (χ1v) is 10.5. The highest BCUT2D eigenvalue weighted by atomic mass is 16.5. The number of nitrogens with one attached hydrogen (secondary N) is 2. The summed E-state index contributed by atoms with van der Waals surface area (Å²) in [4.78, 5) is 25.1. The number of nitrogens with zero attached hydrogens (tertiary/aromatic N) is 4. The molecule has 4 aromatic rings. The van der Waals surface area contributed by atoms with E-state index in [0.717, 1.165) is 0 Å². The zero-order chi connectivity index (χ0) is 24.6. The number of methoxy groups -OCH3 is 2. The first-order valence-electron chi connectivity index (χ1n) is 10.5. The van der Waals surface area contributed by atoms with Crippen molar-refractivity contribution < 1.29 is 23.8 Å². The fraction of sp³-hybridized carbons (Fsp3) is 0.125. The van der Waals surface area contributed by atoms with E-state index in [2.05, 4.69) is 26.2 Å². The largest absolute Gasteiger partial charge is 0.494 e. The van der Waals surface area contributed by atoms with Gasteiger partial charge in [0.15, 0.2) is 6.61 Å². The lowest BCUT2D eigenvalue weighted by molar-refractivity contribution is -0.118. The van der Waals surface area contributed by atoms with Crippen LogP contribution in [0.25, 0.3) is 5.69 Å². The Morgan fingerprint density at radius 2 is 1.60 bits per heavy atom. The minimum atomic E-state index is -0.417. The molecule has 0 unspecified atom stereocenters. The van der Waals surface area contributed by atoms with E-state index in [9.17, 15) is 9.59 Å². The molecule has 0 bridgehead atoms. The van der Waals surface area contributed by atoms with Crippen molar-refractivity contribution in [2.75, 3.05) is 31.5 Å². The highest BCUT2D eigenvalue weighted by Crippen LogP contribution is 2.36. The Bertz CT molecular complexity index is 1310. The summed E-state index contributed by atoms with van der Waals surface area (Å²) in [7, 11) is 2.92. The third-order valence-electron chi connectivity index (χ3n) is 4.88. The molecule has 0 aliphatic heterocycles. The van der Waals surface area contributed by atoms with Gasteiger partial charge in [-0.2, -0.15) is 0 Å². The van der Waals surface area contributed by atoms with E-state index >= 15 is 0 Å². The van der Waals surface area contributed by atoms with Crippen molar-refractivity contribution in [2.24, 2.45) is 0 Å². The van der Waals surface area contributed by atoms with E-state index in [0.29, 0.717) is 39.9 Å². The molecule has 0 saturated carbocycles. The van der Waals surface area contributed by atoms with Crippen LogP contribution in [-0.4, -0.2) is 52.8 Å². The minimum Gasteiger partial charge on any atom is -0.494 e. The monoisotopic (exact) mass is 474 g/mol. The highest BCUT2D eigenvalue weighted by Gasteiger charge is 2.16. The summed E-state index contributed by atoms with van der Waals surface area (Å²) in [6.07, 6.45) is 1.46. The van der Waals surface area contributed by atoms with Crippen molar-refractivity contribution in [3.63, 3.8) is 0 Å². The van der Waals surface area contributed by atoms with Crippen LogP contribution in [-0.2, 0) is 4.79 Å². The maximum Gasteiger partial charge on any atom is 0.262 e. The lowest BCUT2D eigenvalue weighted by atomic mass is 10.2. The first-order chi connectivity index (χ1) is 17.1. The number of hydrogen-bond acceptors (Lipinski definition) is 8. The molecule has 4 rings (SSSR count). The van der Waals surface area contributed by atoms with Gasteiger partial charge in [-0.1, -0.05) is 24.3 Å². The number of hydrogen-bond donors (Lipinski definition) is 2. The molecule has 2 amide bonds. The van der Waals surface area contributed by atoms with Gasteiger partial charge in [-0.25, -0.2) is 4.68 Å². The highest BCUT2D eigenvalue weighted by molar-refractivity contribution is 6.05. The molecule has 178 valence electrons. The third kappa shape index (κ3) is 5.71. The van der Waals surface area contributed by atoms with Gasteiger partial charge in [0.05, 0.1) is 31.3 Å². The van der Waals surface area contributed by atoms with E-state index in [1.165, 1.54) is 25.2 Å². The van der Waals surface area contributed by atoms with E-state index in [4.69, 9.17) is 14.2 Å². The van der Waals surface area contributed by atoms with Gasteiger partial charge in [0.2, 0.25) is 0 Å². The predicted octanol–water partition coefficient (Wildman–Crippen LogP) is 2.95. The fourth-order valence-corrected chi connectivity index (χ4v) is 3.21. The molecule has 0 fully saturated rings. The topological polar surface area (TPSA) is 129 Å². The van der Waals surface area contributed by atoms with Gasteiger partial charge in [-0.05, 0) is 34.7 Å². The van der Waals surface area contributed by atoms with Crippen molar-refractivity contribution in [2.45, 2.75) is 0 Å². The average Bonchev–Trinajstić information content (AvgIpc) is 3.44. The van der Waals surface area contributed by atoms with Crippen LogP contribution in [0.1, 0.15) is 10.4 Å². The van der Waals surface area contributed by atoms with Gasteiger partial charge in [0, 0.05) is 23.8 Å². The Labute approximate surface area is 200 Å². The summed E-state index contributed by atoms with van der Waals surface area (Å²) in [6, 6.07) is 18.9. The SMILES string of the molecule is COc1cc(NC(=O)c2ccccc2)c(OC)cc1NC(=O)COc1cccc(-n2cnnn2)c1. The average molecular weight is 474 g/mol. The number of amides is 2. The Morgan fingerprint density at radius 3 is 2.26 bits per heavy atom. The molecule has 1 heterocycles. The Kier molecular flexibility index (Phi) is 7.16. The van der Waals surface area contributed by atoms with Crippen LogP contribution in [0.4, 0.5) is 11.4 Å². The van der Waals surface area contributed by atoms with Gasteiger partial charge in [-0.15, -0.1) is 5.10 Å². The van der Waals surface area contributed by atoms with Crippen LogP contribution in [0.5, 0.6) is 17.2 Å². The van der Waals surface area contributed by atoms with E-state index in [1.54, 1.807) is 60.7 Å². The van der Waals surface area contributed by atoms with Gasteiger partial charge in [0.25, 0.3) is 11.8 Å². The third-order valence-corrected chi connectivity index (χ3v) is 4.88. The summed E-state index contributed by atoms with van der Waals surface area (Å²) in [5.74, 6) is 0.430. The van der Waals surface area contributed by atoms with Crippen LogP contribution in [0, 0.1) is 0 Å². The quantitative estimate of drug-likeness (QED) is 0.379. The lowest BCUT2D eigenvalue weighted by Crippen LogP contribution is -2.21. The van der Waals surface area contributed by atoms with Crippen molar-refractivity contribution in [1.29, 1.82) is 0 Å². The van der Waals surface area contributed by atoms with Crippen molar-refractivity contribution in [1.82, 2.24) is 20.2 Å². The molecular formula is C24H22N6O5. The summed E-state index contributed by atoms with van der Waals surface area (Å²) < 4.78 is 17.9. The summed E-state index contributed by atoms with van der Waals surface area (Å²) >= 11 is 0. The molecule has 3 aromatic carbocycles. The van der Waals surface area contributed by atoms with Crippen LogP contribution >= 0.6 is 0 Å². The molecule has 35 heavy (non-hydrogen) atoms. The van der Waals surface area contributed by atoms with Crippen LogP contribution < -0.4 is 24.8 Å². The zero-order valence-electron chi connectivity index (χ0n) is 19.0. The predicted molar refractivity (Wildman–Crippen MR) is 127 cm³/mol. The second-order valence-corrected chi connectivity index (χ2v) is 7.16. The van der Waals surface area contributed by atoms with E-state index in [-0.39, 0.29) is 12.5 Å². The Morgan fingerprint density at radius 1 is 0.886 bits per heavy atom. The van der Waals surface area contributed by atoms with Crippen LogP contribution in [0.2, 0.25) is 0 Å². The minimum absolute atomic E-state index is 0.253. The normalized spacial score (nSPS) is 10.3. The number of ether oxygens (including phenoxy) is 3. The number of anilines is 2. The molecule has 0 aliphatic carbocycles. The van der Waals surface area contributed by atoms with Crippen molar-refractivity contribution in [3.05, 3.63) is 78.6 Å². The van der Waals surface area contributed by atoms with E-state index in [1.807, 2.05) is 6.07 Å². The second kappa shape index (κ2) is 10.8. The summed E-state index contributed by atoms with van der Waals surface area (Å²) in [5, 5.41) is 16.6. The standard InChI is InChI=1S/C24H22N6O5/c1-33-21-13-20(27-24(32)16-7-4-3-5-8-16)22(34-2)12-19(21)26-23(31)14-35-18-10-6-9-17(11-18)30-15-25-28-29-30/h3-13,15H,14H2,1-2H3,(H,26,31)(H,27,32). The van der Waals surface area contributed by atoms with Crippen LogP contribution in [0.3, 0.4) is 0 Å². The molecule has 0 saturated heterocycles. The molecule has 11 nitrogen and oxygen atoms in total. The number of tetrazole rings is 1. The smallest absolute Gasteiger partial charge is 0.262 e.